The van der Waals surface area contributed by atoms with Crippen LogP contribution in [0.2, 0.25) is 0 Å². The fraction of sp³-hybridized carbons (Fsp3) is 0.0588. The van der Waals surface area contributed by atoms with Gasteiger partial charge in [-0.15, -0.1) is 10.2 Å². The van der Waals surface area contributed by atoms with Crippen LogP contribution in [0.1, 0.15) is 5.56 Å². The van der Waals surface area contributed by atoms with E-state index in [-0.39, 0.29) is 5.56 Å². The van der Waals surface area contributed by atoms with Gasteiger partial charge in [0.15, 0.2) is 17.4 Å². The highest BCUT2D eigenvalue weighted by Gasteiger charge is 2.17. The highest BCUT2D eigenvalue weighted by atomic mass is 19.1. The molecule has 0 fully saturated rings. The van der Waals surface area contributed by atoms with Crippen LogP contribution in [0, 0.1) is 5.82 Å². The summed E-state index contributed by atoms with van der Waals surface area (Å²) in [6.45, 7) is 3.52. The molecule has 0 aliphatic carbocycles. The molecule has 0 saturated carbocycles. The molecule has 0 amide bonds. The van der Waals surface area contributed by atoms with E-state index in [1.807, 2.05) is 24.3 Å². The summed E-state index contributed by atoms with van der Waals surface area (Å²) in [6, 6.07) is 10.7. The number of phenolic OH excluding ortho intramolecular Hbond substituents is 1. The normalized spacial score (nSPS) is 10.6. The number of rotatable bonds is 3. The van der Waals surface area contributed by atoms with Crippen molar-refractivity contribution in [3.05, 3.63) is 54.4 Å². The van der Waals surface area contributed by atoms with Crippen LogP contribution >= 0.6 is 0 Å². The van der Waals surface area contributed by atoms with Crippen LogP contribution < -0.4 is 5.32 Å². The zero-order valence-electron chi connectivity index (χ0n) is 12.0. The van der Waals surface area contributed by atoms with E-state index in [1.165, 1.54) is 6.08 Å². The smallest absolute Gasteiger partial charge is 0.172 e. The Morgan fingerprint density at radius 2 is 1.86 bits per heavy atom. The molecule has 0 unspecified atom stereocenters. The third-order valence-corrected chi connectivity index (χ3v) is 3.55. The predicted molar refractivity (Wildman–Crippen MR) is 86.2 cm³/mol. The second-order valence-electron chi connectivity index (χ2n) is 4.76. The second-order valence-corrected chi connectivity index (χ2v) is 4.76. The van der Waals surface area contributed by atoms with Crippen LogP contribution in [0.5, 0.6) is 5.75 Å². The van der Waals surface area contributed by atoms with E-state index in [4.69, 9.17) is 0 Å². The van der Waals surface area contributed by atoms with Gasteiger partial charge in [-0.25, -0.2) is 4.39 Å². The van der Waals surface area contributed by atoms with Crippen LogP contribution in [-0.2, 0) is 0 Å². The van der Waals surface area contributed by atoms with Crippen molar-refractivity contribution >= 4 is 22.7 Å². The van der Waals surface area contributed by atoms with Gasteiger partial charge in [-0.3, -0.25) is 0 Å². The van der Waals surface area contributed by atoms with E-state index in [0.717, 1.165) is 10.8 Å². The molecule has 1 aromatic heterocycles. The summed E-state index contributed by atoms with van der Waals surface area (Å²) < 4.78 is 14.1. The number of hydrogen-bond donors (Lipinski definition) is 2. The Morgan fingerprint density at radius 3 is 2.55 bits per heavy atom. The summed E-state index contributed by atoms with van der Waals surface area (Å²) in [5.41, 5.74) is 0.974. The van der Waals surface area contributed by atoms with Crippen molar-refractivity contribution in [1.82, 2.24) is 10.2 Å². The molecule has 4 nitrogen and oxygen atoms in total. The summed E-state index contributed by atoms with van der Waals surface area (Å²) in [6.07, 6.45) is 1.35. The van der Waals surface area contributed by atoms with Gasteiger partial charge in [-0.2, -0.15) is 0 Å². The third-order valence-electron chi connectivity index (χ3n) is 3.55. The van der Waals surface area contributed by atoms with Crippen LogP contribution in [0.25, 0.3) is 28.1 Å². The fourth-order valence-corrected chi connectivity index (χ4v) is 2.42. The van der Waals surface area contributed by atoms with Gasteiger partial charge >= 0.3 is 0 Å². The minimum atomic E-state index is -0.712. The van der Waals surface area contributed by atoms with E-state index >= 15 is 0 Å². The number of hydrogen-bond acceptors (Lipinski definition) is 4. The Kier molecular flexibility index (Phi) is 3.47. The summed E-state index contributed by atoms with van der Waals surface area (Å²) in [5.74, 6) is -0.535. The van der Waals surface area contributed by atoms with Crippen molar-refractivity contribution in [2.45, 2.75) is 0 Å². The van der Waals surface area contributed by atoms with E-state index in [9.17, 15) is 9.50 Å². The molecule has 22 heavy (non-hydrogen) atoms. The lowest BCUT2D eigenvalue weighted by Crippen LogP contribution is -1.99. The molecular weight excluding hydrogens is 281 g/mol. The summed E-state index contributed by atoms with van der Waals surface area (Å²) in [5, 5.41) is 23.0. The lowest BCUT2D eigenvalue weighted by molar-refractivity contribution is 0.433. The van der Waals surface area contributed by atoms with Crippen LogP contribution in [0.15, 0.2) is 43.0 Å². The molecule has 0 atom stereocenters. The molecule has 1 heterocycles. The first kappa shape index (κ1) is 14.0. The largest absolute Gasteiger partial charge is 0.504 e. The molecule has 0 bridgehead atoms. The highest BCUT2D eigenvalue weighted by molar-refractivity contribution is 6.00. The van der Waals surface area contributed by atoms with E-state index in [0.29, 0.717) is 17.1 Å². The molecule has 5 heteroatoms. The lowest BCUT2D eigenvalue weighted by atomic mass is 10.0. The zero-order valence-corrected chi connectivity index (χ0v) is 12.0. The van der Waals surface area contributed by atoms with Gasteiger partial charge in [0.05, 0.1) is 0 Å². The average molecular weight is 295 g/mol. The molecule has 0 aliphatic heterocycles. The first-order valence-electron chi connectivity index (χ1n) is 6.74. The van der Waals surface area contributed by atoms with Crippen LogP contribution in [0.3, 0.4) is 0 Å². The van der Waals surface area contributed by atoms with Crippen molar-refractivity contribution in [2.24, 2.45) is 0 Å². The number of anilines is 1. The fourth-order valence-electron chi connectivity index (χ4n) is 2.42. The molecule has 0 aliphatic rings. The maximum atomic E-state index is 14.1. The van der Waals surface area contributed by atoms with E-state index < -0.39 is 11.6 Å². The quantitative estimate of drug-likeness (QED) is 0.771. The van der Waals surface area contributed by atoms with Gasteiger partial charge in [0.25, 0.3) is 0 Å². The molecule has 3 aromatic rings. The van der Waals surface area contributed by atoms with Crippen molar-refractivity contribution in [3.63, 3.8) is 0 Å². The van der Waals surface area contributed by atoms with Crippen molar-refractivity contribution in [3.8, 4) is 17.0 Å². The number of halogens is 1. The number of aromatic nitrogens is 2. The SMILES string of the molecule is C=Cc1ccc(-c2nnc(NC)c3ccccc23)c(O)c1F. The Hall–Kier alpha value is -2.95. The summed E-state index contributed by atoms with van der Waals surface area (Å²) >= 11 is 0. The monoisotopic (exact) mass is 295 g/mol. The van der Waals surface area contributed by atoms with Gasteiger partial charge in [-0.05, 0) is 6.07 Å². The maximum absolute atomic E-state index is 14.1. The molecule has 0 radical (unpaired) electrons. The third kappa shape index (κ3) is 2.07. The first-order valence-corrected chi connectivity index (χ1v) is 6.74. The Morgan fingerprint density at radius 1 is 1.14 bits per heavy atom. The van der Waals surface area contributed by atoms with Crippen molar-refractivity contribution in [1.29, 1.82) is 0 Å². The van der Waals surface area contributed by atoms with Crippen LogP contribution in [-0.4, -0.2) is 22.4 Å². The van der Waals surface area contributed by atoms with Gasteiger partial charge in [0.2, 0.25) is 0 Å². The standard InChI is InChI=1S/C17H14FN3O/c1-3-10-8-9-13(16(22)14(10)18)15-11-6-4-5-7-12(11)17(19-2)21-20-15/h3-9,22H,1H2,2H3,(H,19,21). The predicted octanol–water partition coefficient (Wildman–Crippen LogP) is 3.83. The number of nitrogens with zero attached hydrogens (tertiary/aromatic N) is 2. The van der Waals surface area contributed by atoms with Gasteiger partial charge in [0.1, 0.15) is 5.69 Å². The number of phenols is 1. The molecule has 2 aromatic carbocycles. The maximum Gasteiger partial charge on any atom is 0.172 e. The van der Waals surface area contributed by atoms with E-state index in [1.54, 1.807) is 19.2 Å². The summed E-state index contributed by atoms with van der Waals surface area (Å²) in [7, 11) is 1.76. The lowest BCUT2D eigenvalue weighted by Gasteiger charge is -2.11. The molecule has 0 spiro atoms. The Bertz CT molecular complexity index is 877. The van der Waals surface area contributed by atoms with Gasteiger partial charge < -0.3 is 10.4 Å². The summed E-state index contributed by atoms with van der Waals surface area (Å²) in [4.78, 5) is 0. The minimum absolute atomic E-state index is 0.241. The van der Waals surface area contributed by atoms with Gasteiger partial charge in [-0.1, -0.05) is 43.0 Å². The van der Waals surface area contributed by atoms with E-state index in [2.05, 4.69) is 22.1 Å². The zero-order chi connectivity index (χ0) is 15.7. The number of benzene rings is 2. The number of fused-ring (bicyclic) bond motifs is 1. The second kappa shape index (κ2) is 5.44. The molecular formula is C17H14FN3O. The van der Waals surface area contributed by atoms with Gasteiger partial charge in [0, 0.05) is 28.9 Å². The van der Waals surface area contributed by atoms with Crippen molar-refractivity contribution in [2.75, 3.05) is 12.4 Å². The number of aromatic hydroxyl groups is 1. The molecule has 0 saturated heterocycles. The average Bonchev–Trinajstić information content (AvgIpc) is 2.56. The molecule has 2 N–H and O–H groups in total. The van der Waals surface area contributed by atoms with Crippen LogP contribution in [0.4, 0.5) is 10.2 Å². The number of nitrogens with one attached hydrogen (secondary N) is 1. The topological polar surface area (TPSA) is 58.0 Å². The first-order chi connectivity index (χ1) is 10.7. The van der Waals surface area contributed by atoms with Crippen molar-refractivity contribution < 1.29 is 9.50 Å². The highest BCUT2D eigenvalue weighted by Crippen LogP contribution is 2.36. The minimum Gasteiger partial charge on any atom is -0.504 e. The molecule has 110 valence electrons. The Labute approximate surface area is 126 Å². The molecule has 3 rings (SSSR count). The Balaban J connectivity index is 2.32.